The van der Waals surface area contributed by atoms with Gasteiger partial charge < -0.3 is 20.9 Å². The molecule has 0 bridgehead atoms. The van der Waals surface area contributed by atoms with Crippen LogP contribution in [0.25, 0.3) is 0 Å². The van der Waals surface area contributed by atoms with Crippen molar-refractivity contribution >= 4 is 23.6 Å². The van der Waals surface area contributed by atoms with E-state index in [2.05, 4.69) is 5.32 Å². The van der Waals surface area contributed by atoms with Crippen LogP contribution >= 0.6 is 0 Å². The average molecular weight is 507 g/mol. The number of aliphatic hydroxyl groups excluding tert-OH is 1. The molecule has 1 aromatic rings. The van der Waals surface area contributed by atoms with Gasteiger partial charge in [0, 0.05) is 12.3 Å². The molecule has 5 unspecified atom stereocenters. The van der Waals surface area contributed by atoms with Gasteiger partial charge in [0.15, 0.2) is 5.78 Å². The molecule has 0 fully saturated rings. The summed E-state index contributed by atoms with van der Waals surface area (Å²) in [5, 5.41) is 14.3. The lowest BCUT2D eigenvalue weighted by molar-refractivity contribution is -0.149. The van der Waals surface area contributed by atoms with Crippen molar-refractivity contribution in [3.05, 3.63) is 35.9 Å². The molecule has 10 nitrogen and oxygen atoms in total. The van der Waals surface area contributed by atoms with Gasteiger partial charge >= 0.3 is 5.97 Å². The molecule has 0 saturated carbocycles. The highest BCUT2D eigenvalue weighted by atomic mass is 16.5. The second-order valence-electron chi connectivity index (χ2n) is 9.84. The van der Waals surface area contributed by atoms with Crippen molar-refractivity contribution in [1.29, 1.82) is 0 Å². The van der Waals surface area contributed by atoms with Crippen molar-refractivity contribution in [3.8, 4) is 0 Å². The highest BCUT2D eigenvalue weighted by molar-refractivity contribution is 5.91. The largest absolute Gasteiger partial charge is 0.467 e. The SMILES string of the molecule is COC(=O)C(NC(=O)C(C(C)C)N(N)C(=O)CCC(O)C(Cc1ccccc1)C(=O)C(C)N)C(C)C. The zero-order valence-corrected chi connectivity index (χ0v) is 22.1. The van der Waals surface area contributed by atoms with Crippen LogP contribution in [0, 0.1) is 17.8 Å². The summed E-state index contributed by atoms with van der Waals surface area (Å²) in [5.41, 5.74) is 6.66. The molecule has 0 radical (unpaired) electrons. The van der Waals surface area contributed by atoms with Crippen LogP contribution in [0.2, 0.25) is 0 Å². The predicted octanol–water partition coefficient (Wildman–Crippen LogP) is 0.943. The Hall–Kier alpha value is -2.82. The number of nitrogens with two attached hydrogens (primary N) is 2. The van der Waals surface area contributed by atoms with Crippen molar-refractivity contribution in [2.45, 2.75) is 78.1 Å². The monoisotopic (exact) mass is 506 g/mol. The van der Waals surface area contributed by atoms with Crippen LogP contribution in [0.4, 0.5) is 0 Å². The van der Waals surface area contributed by atoms with E-state index in [1.807, 2.05) is 30.3 Å². The molecular formula is C26H42N4O6. The van der Waals surface area contributed by atoms with Gasteiger partial charge in [-0.2, -0.15) is 0 Å². The van der Waals surface area contributed by atoms with Gasteiger partial charge in [-0.15, -0.1) is 0 Å². The number of nitrogens with one attached hydrogen (secondary N) is 1. The number of amides is 2. The first-order valence-electron chi connectivity index (χ1n) is 12.3. The third-order valence-electron chi connectivity index (χ3n) is 6.14. The summed E-state index contributed by atoms with van der Waals surface area (Å²) in [7, 11) is 1.23. The summed E-state index contributed by atoms with van der Waals surface area (Å²) >= 11 is 0. The first kappa shape index (κ1) is 31.2. The average Bonchev–Trinajstić information content (AvgIpc) is 2.83. The fourth-order valence-electron chi connectivity index (χ4n) is 4.00. The van der Waals surface area contributed by atoms with Crippen LogP contribution in [-0.2, 0) is 30.3 Å². The van der Waals surface area contributed by atoms with E-state index in [1.54, 1.807) is 34.6 Å². The fourth-order valence-corrected chi connectivity index (χ4v) is 4.00. The Morgan fingerprint density at radius 3 is 2.08 bits per heavy atom. The molecular weight excluding hydrogens is 464 g/mol. The van der Waals surface area contributed by atoms with Crippen LogP contribution in [0.3, 0.4) is 0 Å². The van der Waals surface area contributed by atoms with Gasteiger partial charge in [-0.05, 0) is 37.2 Å². The maximum atomic E-state index is 13.0. The number of aliphatic hydroxyl groups is 1. The third kappa shape index (κ3) is 9.00. The molecule has 0 aliphatic carbocycles. The van der Waals surface area contributed by atoms with Gasteiger partial charge in [0.2, 0.25) is 11.8 Å². The first-order valence-corrected chi connectivity index (χ1v) is 12.3. The summed E-state index contributed by atoms with van der Waals surface area (Å²) < 4.78 is 4.76. The number of hydrogen-bond acceptors (Lipinski definition) is 8. The van der Waals surface area contributed by atoms with Gasteiger partial charge in [0.1, 0.15) is 12.1 Å². The van der Waals surface area contributed by atoms with Gasteiger partial charge in [0.25, 0.3) is 0 Å². The van der Waals surface area contributed by atoms with Crippen molar-refractivity contribution in [3.63, 3.8) is 0 Å². The number of ketones is 1. The molecule has 1 rings (SSSR count). The van der Waals surface area contributed by atoms with Crippen LogP contribution < -0.4 is 16.9 Å². The smallest absolute Gasteiger partial charge is 0.328 e. The molecule has 5 atom stereocenters. The lowest BCUT2D eigenvalue weighted by atomic mass is 9.85. The van der Waals surface area contributed by atoms with Crippen molar-refractivity contribution in [2.24, 2.45) is 29.3 Å². The van der Waals surface area contributed by atoms with Crippen LogP contribution in [0.5, 0.6) is 0 Å². The number of hydrogen-bond donors (Lipinski definition) is 4. The fraction of sp³-hybridized carbons (Fsp3) is 0.615. The van der Waals surface area contributed by atoms with E-state index in [0.29, 0.717) is 0 Å². The Balaban J connectivity index is 2.92. The molecule has 0 aliphatic rings. The Morgan fingerprint density at radius 2 is 1.61 bits per heavy atom. The van der Waals surface area contributed by atoms with Gasteiger partial charge in [-0.1, -0.05) is 58.0 Å². The minimum Gasteiger partial charge on any atom is -0.467 e. The Labute approximate surface area is 213 Å². The zero-order valence-electron chi connectivity index (χ0n) is 22.1. The molecule has 0 aromatic heterocycles. The number of nitrogens with zero attached hydrogens (tertiary/aromatic N) is 1. The third-order valence-corrected chi connectivity index (χ3v) is 6.14. The van der Waals surface area contributed by atoms with Gasteiger partial charge in [0.05, 0.1) is 19.3 Å². The van der Waals surface area contributed by atoms with E-state index in [1.165, 1.54) is 7.11 Å². The number of carbonyl (C=O) groups is 4. The van der Waals surface area contributed by atoms with E-state index in [-0.39, 0.29) is 36.9 Å². The summed E-state index contributed by atoms with van der Waals surface area (Å²) in [5.74, 6) is 2.61. The maximum absolute atomic E-state index is 13.0. The molecule has 0 aliphatic heterocycles. The minimum atomic E-state index is -1.13. The van der Waals surface area contributed by atoms with E-state index < -0.39 is 47.9 Å². The van der Waals surface area contributed by atoms with Crippen LogP contribution in [0.15, 0.2) is 30.3 Å². The van der Waals surface area contributed by atoms with Crippen LogP contribution in [0.1, 0.15) is 53.0 Å². The number of rotatable bonds is 14. The highest BCUT2D eigenvalue weighted by Crippen LogP contribution is 2.20. The Bertz CT molecular complexity index is 874. The first-order chi connectivity index (χ1) is 16.8. The highest BCUT2D eigenvalue weighted by Gasteiger charge is 2.35. The number of methoxy groups -OCH3 is 1. The summed E-state index contributed by atoms with van der Waals surface area (Å²) in [4.78, 5) is 50.6. The van der Waals surface area contributed by atoms with Gasteiger partial charge in [-0.25, -0.2) is 10.6 Å². The molecule has 10 heteroatoms. The number of carbonyl (C=O) groups excluding carboxylic acids is 4. The summed E-state index contributed by atoms with van der Waals surface area (Å²) in [6.07, 6.45) is -1.07. The molecule has 0 saturated heterocycles. The molecule has 6 N–H and O–H groups in total. The lowest BCUT2D eigenvalue weighted by Gasteiger charge is -2.32. The summed E-state index contributed by atoms with van der Waals surface area (Å²) in [6.45, 7) is 8.53. The number of ether oxygens (including phenoxy) is 1. The molecule has 36 heavy (non-hydrogen) atoms. The molecule has 0 heterocycles. The van der Waals surface area contributed by atoms with Gasteiger partial charge in [-0.3, -0.25) is 19.4 Å². The van der Waals surface area contributed by atoms with Crippen molar-refractivity contribution in [1.82, 2.24) is 10.3 Å². The number of hydrazine groups is 1. The quantitative estimate of drug-likeness (QED) is 0.125. The molecule has 0 spiro atoms. The number of esters is 1. The zero-order chi connectivity index (χ0) is 27.6. The van der Waals surface area contributed by atoms with E-state index >= 15 is 0 Å². The molecule has 1 aromatic carbocycles. The maximum Gasteiger partial charge on any atom is 0.328 e. The number of benzene rings is 1. The predicted molar refractivity (Wildman–Crippen MR) is 136 cm³/mol. The normalized spacial score (nSPS) is 15.5. The standard InChI is InChI=1S/C26H42N4O6/c1-15(2)22(26(35)36-6)29-25(34)23(16(3)4)30(28)21(32)13-12-20(31)19(24(33)17(5)27)14-18-10-8-7-9-11-18/h7-11,15-17,19-20,22-23,31H,12-14,27-28H2,1-6H3,(H,29,34). The molecule has 2 amide bonds. The van der Waals surface area contributed by atoms with E-state index in [4.69, 9.17) is 16.3 Å². The molecule has 202 valence electrons. The van der Waals surface area contributed by atoms with Crippen LogP contribution in [-0.4, -0.2) is 65.0 Å². The van der Waals surface area contributed by atoms with Crippen molar-refractivity contribution < 1.29 is 29.0 Å². The van der Waals surface area contributed by atoms with E-state index in [9.17, 15) is 24.3 Å². The second kappa shape index (κ2) is 14.7. The Kier molecular flexibility index (Phi) is 12.7. The Morgan fingerprint density at radius 1 is 1.03 bits per heavy atom. The van der Waals surface area contributed by atoms with E-state index in [0.717, 1.165) is 10.6 Å². The lowest BCUT2D eigenvalue weighted by Crippen LogP contribution is -2.58. The summed E-state index contributed by atoms with van der Waals surface area (Å²) in [6, 6.07) is 6.53. The minimum absolute atomic E-state index is 0.0360. The second-order valence-corrected chi connectivity index (χ2v) is 9.84. The number of Topliss-reactive ketones (excluding diaryl/α,β-unsaturated/α-hetero) is 1. The topological polar surface area (TPSA) is 165 Å². The van der Waals surface area contributed by atoms with Crippen molar-refractivity contribution in [2.75, 3.05) is 7.11 Å².